The van der Waals surface area contributed by atoms with Crippen LogP contribution in [0.1, 0.15) is 12.0 Å². The highest BCUT2D eigenvalue weighted by Gasteiger charge is 2.32. The quantitative estimate of drug-likeness (QED) is 0.759. The van der Waals surface area contributed by atoms with Gasteiger partial charge in [0.05, 0.1) is 24.7 Å². The van der Waals surface area contributed by atoms with Crippen molar-refractivity contribution in [3.63, 3.8) is 0 Å². The Bertz CT molecular complexity index is 859. The molecule has 0 aliphatic carbocycles. The largest absolute Gasteiger partial charge is 0.472 e. The number of nitrogens with zero attached hydrogens (tertiary/aromatic N) is 4. The van der Waals surface area contributed by atoms with E-state index in [0.717, 1.165) is 0 Å². The average molecular weight is 380 g/mol. The smallest absolute Gasteiger partial charge is 0.234 e. The van der Waals surface area contributed by atoms with E-state index in [4.69, 9.17) is 4.74 Å². The zero-order valence-electron chi connectivity index (χ0n) is 14.7. The van der Waals surface area contributed by atoms with Gasteiger partial charge < -0.3 is 9.64 Å². The van der Waals surface area contributed by atoms with Crippen LogP contribution in [-0.4, -0.2) is 56.0 Å². The molecule has 0 N–H and O–H groups in total. The lowest BCUT2D eigenvalue weighted by Crippen LogP contribution is -2.32. The van der Waals surface area contributed by atoms with Crippen molar-refractivity contribution < 1.29 is 17.5 Å². The fourth-order valence-electron chi connectivity index (χ4n) is 2.71. The third-order valence-electron chi connectivity index (χ3n) is 4.11. The average Bonchev–Trinajstić information content (AvgIpc) is 3.06. The van der Waals surface area contributed by atoms with Crippen molar-refractivity contribution in [1.29, 1.82) is 0 Å². The Kier molecular flexibility index (Phi) is 5.38. The zero-order valence-corrected chi connectivity index (χ0v) is 15.5. The van der Waals surface area contributed by atoms with Crippen molar-refractivity contribution in [1.82, 2.24) is 14.3 Å². The van der Waals surface area contributed by atoms with Crippen molar-refractivity contribution in [2.24, 2.45) is 0 Å². The Morgan fingerprint density at radius 1 is 1.27 bits per heavy atom. The highest BCUT2D eigenvalue weighted by molar-refractivity contribution is 7.88. The molecule has 0 spiro atoms. The molecule has 1 saturated heterocycles. The fourth-order valence-corrected chi connectivity index (χ4v) is 4.28. The molecule has 1 aliphatic rings. The van der Waals surface area contributed by atoms with Gasteiger partial charge in [0.1, 0.15) is 11.9 Å². The Morgan fingerprint density at radius 3 is 2.69 bits per heavy atom. The van der Waals surface area contributed by atoms with Gasteiger partial charge in [-0.15, -0.1) is 0 Å². The Balaban J connectivity index is 1.62. The number of ether oxygens (including phenoxy) is 1. The van der Waals surface area contributed by atoms with Gasteiger partial charge in [0.15, 0.2) is 5.82 Å². The van der Waals surface area contributed by atoms with Crippen LogP contribution in [0.15, 0.2) is 36.7 Å². The summed E-state index contributed by atoms with van der Waals surface area (Å²) in [6.45, 7) is 0.645. The molecule has 1 fully saturated rings. The van der Waals surface area contributed by atoms with Gasteiger partial charge in [-0.25, -0.2) is 12.8 Å². The molecule has 1 atom stereocenters. The van der Waals surface area contributed by atoms with E-state index >= 15 is 0 Å². The summed E-state index contributed by atoms with van der Waals surface area (Å²) in [4.78, 5) is 10.2. The van der Waals surface area contributed by atoms with E-state index < -0.39 is 10.0 Å². The maximum Gasteiger partial charge on any atom is 0.234 e. The van der Waals surface area contributed by atoms with E-state index in [9.17, 15) is 12.8 Å². The lowest BCUT2D eigenvalue weighted by Gasteiger charge is -2.17. The molecular formula is C17H21FN4O3S. The van der Waals surface area contributed by atoms with Crippen LogP contribution >= 0.6 is 0 Å². The summed E-state index contributed by atoms with van der Waals surface area (Å²) >= 11 is 0. The molecule has 26 heavy (non-hydrogen) atoms. The van der Waals surface area contributed by atoms with Gasteiger partial charge >= 0.3 is 0 Å². The maximum absolute atomic E-state index is 13.0. The molecule has 1 aromatic carbocycles. The number of aromatic nitrogens is 2. The van der Waals surface area contributed by atoms with E-state index in [-0.39, 0.29) is 24.2 Å². The van der Waals surface area contributed by atoms with Crippen molar-refractivity contribution in [2.45, 2.75) is 18.3 Å². The van der Waals surface area contributed by atoms with E-state index in [1.54, 1.807) is 6.20 Å². The van der Waals surface area contributed by atoms with Crippen LogP contribution < -0.4 is 9.64 Å². The van der Waals surface area contributed by atoms with E-state index in [2.05, 4.69) is 9.97 Å². The molecular weight excluding hydrogens is 359 g/mol. The first kappa shape index (κ1) is 18.5. The van der Waals surface area contributed by atoms with E-state index in [1.165, 1.54) is 34.8 Å². The third kappa shape index (κ3) is 4.47. The molecule has 0 amide bonds. The number of anilines is 1. The molecule has 0 bridgehead atoms. The first-order valence-electron chi connectivity index (χ1n) is 8.22. The molecule has 0 radical (unpaired) electrons. The second-order valence-electron chi connectivity index (χ2n) is 6.38. The van der Waals surface area contributed by atoms with Gasteiger partial charge in [-0.2, -0.15) is 9.29 Å². The number of hydrogen-bond donors (Lipinski definition) is 0. The molecule has 1 aromatic heterocycles. The summed E-state index contributed by atoms with van der Waals surface area (Å²) in [5.74, 6) is 0.498. The fraction of sp³-hybridized carbons (Fsp3) is 0.412. The standard InChI is InChI=1S/C17H21FN4O3S/c1-21(2)16-9-19-10-17(20-16)25-15-7-8-22(11-15)26(23,24)12-13-3-5-14(18)6-4-13/h3-6,9-10,15H,7-8,11-12H2,1-2H3. The van der Waals surface area contributed by atoms with Gasteiger partial charge in [0.25, 0.3) is 0 Å². The molecule has 2 heterocycles. The lowest BCUT2D eigenvalue weighted by atomic mass is 10.2. The minimum Gasteiger partial charge on any atom is -0.472 e. The van der Waals surface area contributed by atoms with Crippen molar-refractivity contribution in [3.8, 4) is 5.88 Å². The number of halogens is 1. The molecule has 140 valence electrons. The second-order valence-corrected chi connectivity index (χ2v) is 8.35. The van der Waals surface area contributed by atoms with Crippen LogP contribution in [0.5, 0.6) is 5.88 Å². The van der Waals surface area contributed by atoms with Crippen LogP contribution in [0.3, 0.4) is 0 Å². The van der Waals surface area contributed by atoms with Crippen molar-refractivity contribution >= 4 is 15.8 Å². The predicted octanol–water partition coefficient (Wildman–Crippen LogP) is 1.66. The van der Waals surface area contributed by atoms with Crippen LogP contribution in [-0.2, 0) is 15.8 Å². The summed E-state index contributed by atoms with van der Waals surface area (Å²) in [6.07, 6.45) is 3.45. The van der Waals surface area contributed by atoms with Crippen LogP contribution in [0.2, 0.25) is 0 Å². The number of rotatable bonds is 6. The van der Waals surface area contributed by atoms with Crippen LogP contribution in [0.4, 0.5) is 10.2 Å². The summed E-state index contributed by atoms with van der Waals surface area (Å²) in [7, 11) is 0.222. The minimum atomic E-state index is -3.49. The summed E-state index contributed by atoms with van der Waals surface area (Å²) in [6, 6.07) is 5.49. The summed E-state index contributed by atoms with van der Waals surface area (Å²) in [5, 5.41) is 0. The highest BCUT2D eigenvalue weighted by Crippen LogP contribution is 2.22. The van der Waals surface area contributed by atoms with Gasteiger partial charge in [-0.05, 0) is 24.1 Å². The molecule has 1 aliphatic heterocycles. The Labute approximate surface area is 152 Å². The van der Waals surface area contributed by atoms with Crippen molar-refractivity contribution in [3.05, 3.63) is 48.0 Å². The summed E-state index contributed by atoms with van der Waals surface area (Å²) in [5.41, 5.74) is 0.556. The van der Waals surface area contributed by atoms with Crippen molar-refractivity contribution in [2.75, 3.05) is 32.1 Å². The minimum absolute atomic E-state index is 0.157. The maximum atomic E-state index is 13.0. The van der Waals surface area contributed by atoms with Gasteiger partial charge in [-0.3, -0.25) is 4.98 Å². The molecule has 3 rings (SSSR count). The lowest BCUT2D eigenvalue weighted by molar-refractivity contribution is 0.206. The second kappa shape index (κ2) is 7.55. The molecule has 9 heteroatoms. The topological polar surface area (TPSA) is 75.6 Å². The van der Waals surface area contributed by atoms with Crippen LogP contribution in [0.25, 0.3) is 0 Å². The third-order valence-corrected chi connectivity index (χ3v) is 5.93. The molecule has 2 aromatic rings. The van der Waals surface area contributed by atoms with Crippen LogP contribution in [0, 0.1) is 5.82 Å². The zero-order chi connectivity index (χ0) is 18.7. The number of hydrogen-bond acceptors (Lipinski definition) is 6. The molecule has 1 unspecified atom stereocenters. The number of sulfonamides is 1. The van der Waals surface area contributed by atoms with E-state index in [1.807, 2.05) is 19.0 Å². The SMILES string of the molecule is CN(C)c1cncc(OC2CCN(S(=O)(=O)Cc3ccc(F)cc3)C2)n1. The van der Waals surface area contributed by atoms with Gasteiger partial charge in [0.2, 0.25) is 15.9 Å². The Morgan fingerprint density at radius 2 is 2.00 bits per heavy atom. The molecule has 7 nitrogen and oxygen atoms in total. The predicted molar refractivity (Wildman–Crippen MR) is 96.0 cm³/mol. The monoisotopic (exact) mass is 380 g/mol. The van der Waals surface area contributed by atoms with Gasteiger partial charge in [-0.1, -0.05) is 12.1 Å². The highest BCUT2D eigenvalue weighted by atomic mass is 32.2. The van der Waals surface area contributed by atoms with Gasteiger partial charge in [0, 0.05) is 20.6 Å². The number of benzene rings is 1. The summed E-state index contributed by atoms with van der Waals surface area (Å²) < 4.78 is 45.3. The normalized spacial score (nSPS) is 18.0. The first-order chi connectivity index (χ1) is 12.3. The van der Waals surface area contributed by atoms with E-state index in [0.29, 0.717) is 30.2 Å². The first-order valence-corrected chi connectivity index (χ1v) is 9.83. The molecule has 0 saturated carbocycles. The Hall–Kier alpha value is -2.26.